The molecule has 1 aliphatic rings. The van der Waals surface area contributed by atoms with Crippen LogP contribution in [0.1, 0.15) is 25.0 Å². The second-order valence-electron chi connectivity index (χ2n) is 4.56. The Morgan fingerprint density at radius 3 is 2.81 bits per heavy atom. The topological polar surface area (TPSA) is 64.7 Å². The van der Waals surface area contributed by atoms with Crippen LogP contribution in [0, 0.1) is 0 Å². The number of fused-ring (bicyclic) bond motifs is 1. The second kappa shape index (κ2) is 3.49. The number of hydrogen-bond acceptors (Lipinski definition) is 4. The van der Waals surface area contributed by atoms with Gasteiger partial charge in [0.1, 0.15) is 5.52 Å². The minimum Gasteiger partial charge on any atom is -0.325 e. The molecule has 2 aromatic heterocycles. The number of nitrogens with two attached hydrogens (primary N) is 1. The first kappa shape index (κ1) is 9.66. The summed E-state index contributed by atoms with van der Waals surface area (Å²) in [6, 6.07) is 3.99. The fourth-order valence-electron chi connectivity index (χ4n) is 1.82. The Hall–Kier alpha value is -1.55. The summed E-state index contributed by atoms with van der Waals surface area (Å²) in [4.78, 5) is 12.9. The molecular weight excluding hydrogens is 200 g/mol. The Morgan fingerprint density at radius 2 is 2.00 bits per heavy atom. The maximum absolute atomic E-state index is 6.05. The summed E-state index contributed by atoms with van der Waals surface area (Å²) in [7, 11) is 0. The van der Waals surface area contributed by atoms with Crippen molar-refractivity contribution in [2.24, 2.45) is 5.73 Å². The normalized spacial score (nSPS) is 17.6. The first-order valence-corrected chi connectivity index (χ1v) is 5.61. The summed E-state index contributed by atoms with van der Waals surface area (Å²) in [5, 5.41) is 0. The zero-order chi connectivity index (χ0) is 11.0. The summed E-state index contributed by atoms with van der Waals surface area (Å²) < 4.78 is 0. The van der Waals surface area contributed by atoms with Crippen molar-refractivity contribution in [1.29, 1.82) is 0 Å². The van der Waals surface area contributed by atoms with Crippen LogP contribution in [0.15, 0.2) is 24.5 Å². The molecule has 0 atom stereocenters. The van der Waals surface area contributed by atoms with Gasteiger partial charge in [-0.2, -0.15) is 0 Å². The highest BCUT2D eigenvalue weighted by Crippen LogP contribution is 2.36. The fraction of sp³-hybridized carbons (Fsp3) is 0.417. The maximum Gasteiger partial charge on any atom is 0.178 e. The SMILES string of the molecule is NC1(CCc2ccc3nccnc3n2)CC1. The average Bonchev–Trinajstić information content (AvgIpc) is 3.05. The lowest BCUT2D eigenvalue weighted by atomic mass is 10.1. The van der Waals surface area contributed by atoms with Gasteiger partial charge in [0, 0.05) is 23.6 Å². The molecule has 1 fully saturated rings. The van der Waals surface area contributed by atoms with E-state index in [1.165, 1.54) is 0 Å². The molecule has 0 saturated heterocycles. The molecule has 4 heteroatoms. The molecule has 3 rings (SSSR count). The first-order valence-electron chi connectivity index (χ1n) is 5.61. The molecule has 0 spiro atoms. The molecular formula is C12H14N4. The van der Waals surface area contributed by atoms with E-state index in [-0.39, 0.29) is 5.54 Å². The largest absolute Gasteiger partial charge is 0.325 e. The summed E-state index contributed by atoms with van der Waals surface area (Å²) in [6.07, 6.45) is 7.61. The Labute approximate surface area is 93.9 Å². The van der Waals surface area contributed by atoms with Crippen LogP contribution in [0.2, 0.25) is 0 Å². The third-order valence-electron chi connectivity index (χ3n) is 3.16. The molecule has 16 heavy (non-hydrogen) atoms. The zero-order valence-electron chi connectivity index (χ0n) is 9.06. The molecule has 0 radical (unpaired) electrons. The first-order chi connectivity index (χ1) is 7.75. The highest BCUT2D eigenvalue weighted by molar-refractivity contribution is 5.68. The van der Waals surface area contributed by atoms with Crippen LogP contribution < -0.4 is 5.73 Å². The van der Waals surface area contributed by atoms with E-state index in [1.807, 2.05) is 12.1 Å². The summed E-state index contributed by atoms with van der Waals surface area (Å²) >= 11 is 0. The highest BCUT2D eigenvalue weighted by atomic mass is 14.9. The van der Waals surface area contributed by atoms with E-state index < -0.39 is 0 Å². The maximum atomic E-state index is 6.05. The molecule has 0 aliphatic heterocycles. The monoisotopic (exact) mass is 214 g/mol. The minimum atomic E-state index is 0.0962. The van der Waals surface area contributed by atoms with E-state index in [0.29, 0.717) is 0 Å². The van der Waals surface area contributed by atoms with Crippen molar-refractivity contribution in [2.45, 2.75) is 31.2 Å². The van der Waals surface area contributed by atoms with Gasteiger partial charge in [0.2, 0.25) is 0 Å². The smallest absolute Gasteiger partial charge is 0.178 e. The molecule has 0 bridgehead atoms. The summed E-state index contributed by atoms with van der Waals surface area (Å²) in [5.74, 6) is 0. The standard InChI is InChI=1S/C12H14N4/c13-12(5-6-12)4-3-9-1-2-10-11(16-9)15-8-7-14-10/h1-2,7-8H,3-6,13H2. The number of nitrogens with zero attached hydrogens (tertiary/aromatic N) is 3. The average molecular weight is 214 g/mol. The number of rotatable bonds is 3. The van der Waals surface area contributed by atoms with Crippen molar-refractivity contribution in [3.8, 4) is 0 Å². The quantitative estimate of drug-likeness (QED) is 0.839. The van der Waals surface area contributed by atoms with Crippen molar-refractivity contribution in [2.75, 3.05) is 0 Å². The van der Waals surface area contributed by atoms with Crippen molar-refractivity contribution in [3.63, 3.8) is 0 Å². The summed E-state index contributed by atoms with van der Waals surface area (Å²) in [6.45, 7) is 0. The van der Waals surface area contributed by atoms with Gasteiger partial charge in [0.05, 0.1) is 0 Å². The third-order valence-corrected chi connectivity index (χ3v) is 3.16. The molecule has 2 aromatic rings. The van der Waals surface area contributed by atoms with Crippen LogP contribution >= 0.6 is 0 Å². The van der Waals surface area contributed by atoms with Gasteiger partial charge in [-0.3, -0.25) is 4.98 Å². The van der Waals surface area contributed by atoms with Crippen LogP contribution in [-0.2, 0) is 6.42 Å². The zero-order valence-corrected chi connectivity index (χ0v) is 9.06. The van der Waals surface area contributed by atoms with Gasteiger partial charge in [0.15, 0.2) is 5.65 Å². The van der Waals surface area contributed by atoms with Crippen LogP contribution in [0.4, 0.5) is 0 Å². The van der Waals surface area contributed by atoms with E-state index in [1.54, 1.807) is 12.4 Å². The third kappa shape index (κ3) is 1.88. The molecule has 0 amide bonds. The number of hydrogen-bond donors (Lipinski definition) is 1. The lowest BCUT2D eigenvalue weighted by Gasteiger charge is -2.07. The van der Waals surface area contributed by atoms with Gasteiger partial charge in [-0.1, -0.05) is 0 Å². The van der Waals surface area contributed by atoms with Crippen LogP contribution in [0.25, 0.3) is 11.2 Å². The Balaban J connectivity index is 1.81. The molecule has 1 saturated carbocycles. The van der Waals surface area contributed by atoms with E-state index in [4.69, 9.17) is 5.73 Å². The van der Waals surface area contributed by atoms with Gasteiger partial charge >= 0.3 is 0 Å². The molecule has 82 valence electrons. The lowest BCUT2D eigenvalue weighted by Crippen LogP contribution is -2.22. The number of pyridine rings is 1. The Bertz CT molecular complexity index is 519. The van der Waals surface area contributed by atoms with Gasteiger partial charge in [-0.25, -0.2) is 9.97 Å². The van der Waals surface area contributed by atoms with Gasteiger partial charge < -0.3 is 5.73 Å². The predicted octanol–water partition coefficient (Wildman–Crippen LogP) is 1.45. The van der Waals surface area contributed by atoms with Crippen molar-refractivity contribution < 1.29 is 0 Å². The Morgan fingerprint density at radius 1 is 1.19 bits per heavy atom. The van der Waals surface area contributed by atoms with E-state index in [2.05, 4.69) is 15.0 Å². The van der Waals surface area contributed by atoms with E-state index in [9.17, 15) is 0 Å². The Kier molecular flexibility index (Phi) is 2.11. The van der Waals surface area contributed by atoms with Crippen LogP contribution in [-0.4, -0.2) is 20.5 Å². The molecule has 1 aliphatic carbocycles. The molecule has 0 unspecified atom stereocenters. The van der Waals surface area contributed by atoms with Crippen LogP contribution in [0.5, 0.6) is 0 Å². The second-order valence-corrected chi connectivity index (χ2v) is 4.56. The molecule has 2 N–H and O–H groups in total. The summed E-state index contributed by atoms with van der Waals surface area (Å²) in [5.41, 5.74) is 8.78. The number of aromatic nitrogens is 3. The van der Waals surface area contributed by atoms with E-state index in [0.717, 1.165) is 42.5 Å². The van der Waals surface area contributed by atoms with Crippen molar-refractivity contribution in [1.82, 2.24) is 15.0 Å². The predicted molar refractivity (Wildman–Crippen MR) is 61.8 cm³/mol. The van der Waals surface area contributed by atoms with Crippen LogP contribution in [0.3, 0.4) is 0 Å². The van der Waals surface area contributed by atoms with Crippen molar-refractivity contribution in [3.05, 3.63) is 30.2 Å². The van der Waals surface area contributed by atoms with E-state index >= 15 is 0 Å². The number of aryl methyl sites for hydroxylation is 1. The minimum absolute atomic E-state index is 0.0962. The lowest BCUT2D eigenvalue weighted by molar-refractivity contribution is 0.604. The highest BCUT2D eigenvalue weighted by Gasteiger charge is 2.37. The van der Waals surface area contributed by atoms with Gasteiger partial charge in [-0.15, -0.1) is 0 Å². The van der Waals surface area contributed by atoms with Gasteiger partial charge in [-0.05, 0) is 37.8 Å². The molecule has 0 aromatic carbocycles. The van der Waals surface area contributed by atoms with Crippen molar-refractivity contribution >= 4 is 11.2 Å². The fourth-order valence-corrected chi connectivity index (χ4v) is 1.82. The molecule has 2 heterocycles. The molecule has 4 nitrogen and oxygen atoms in total. The van der Waals surface area contributed by atoms with Gasteiger partial charge in [0.25, 0.3) is 0 Å².